The standard InChI is InChI=1S/C19H14ClF9/c20-15-8-6-12(7-9-15)10-14(13-4-2-1-3-5-13)11-16(21,22)17(23,24)18(25,26)19(27,28)29/h1-9,14H,10-11H2. The van der Waals surface area contributed by atoms with Crippen molar-refractivity contribution < 1.29 is 39.5 Å². The lowest BCUT2D eigenvalue weighted by Crippen LogP contribution is -2.61. The summed E-state index contributed by atoms with van der Waals surface area (Å²) in [5, 5.41) is 0.312. The molecule has 1 unspecified atom stereocenters. The zero-order valence-electron chi connectivity index (χ0n) is 14.5. The molecule has 160 valence electrons. The molecule has 10 heteroatoms. The molecule has 2 aromatic rings. The summed E-state index contributed by atoms with van der Waals surface area (Å²) in [7, 11) is 0. The summed E-state index contributed by atoms with van der Waals surface area (Å²) in [6, 6.07) is 12.6. The quantitative estimate of drug-likeness (QED) is 0.384. The number of alkyl halides is 9. The Kier molecular flexibility index (Phi) is 6.52. The first-order chi connectivity index (χ1) is 13.2. The van der Waals surface area contributed by atoms with Crippen molar-refractivity contribution in [1.82, 2.24) is 0 Å². The summed E-state index contributed by atoms with van der Waals surface area (Å²) in [6.07, 6.45) is -9.05. The van der Waals surface area contributed by atoms with Crippen molar-refractivity contribution in [3.63, 3.8) is 0 Å². The molecular formula is C19H14ClF9. The highest BCUT2D eigenvalue weighted by Crippen LogP contribution is 2.55. The van der Waals surface area contributed by atoms with Gasteiger partial charge >= 0.3 is 23.9 Å². The summed E-state index contributed by atoms with van der Waals surface area (Å²) < 4.78 is 119. The van der Waals surface area contributed by atoms with Crippen molar-refractivity contribution in [2.45, 2.75) is 42.7 Å². The minimum Gasteiger partial charge on any atom is -0.200 e. The molecule has 0 saturated heterocycles. The Morgan fingerprint density at radius 2 is 1.21 bits per heavy atom. The summed E-state index contributed by atoms with van der Waals surface area (Å²) in [6.45, 7) is 0. The van der Waals surface area contributed by atoms with Gasteiger partial charge in [0.1, 0.15) is 0 Å². The topological polar surface area (TPSA) is 0 Å². The van der Waals surface area contributed by atoms with Crippen molar-refractivity contribution in [2.75, 3.05) is 0 Å². The third-order valence-corrected chi connectivity index (χ3v) is 4.63. The van der Waals surface area contributed by atoms with Crippen LogP contribution in [0.2, 0.25) is 5.02 Å². The van der Waals surface area contributed by atoms with E-state index in [0.717, 1.165) is 0 Å². The Labute approximate surface area is 165 Å². The van der Waals surface area contributed by atoms with E-state index >= 15 is 0 Å². The maximum atomic E-state index is 14.2. The maximum Gasteiger partial charge on any atom is 0.460 e. The van der Waals surface area contributed by atoms with Crippen LogP contribution in [0.4, 0.5) is 39.5 Å². The van der Waals surface area contributed by atoms with Gasteiger partial charge in [-0.1, -0.05) is 54.1 Å². The van der Waals surface area contributed by atoms with Gasteiger partial charge in [-0.25, -0.2) is 0 Å². The summed E-state index contributed by atoms with van der Waals surface area (Å²) in [4.78, 5) is 0. The third-order valence-electron chi connectivity index (χ3n) is 4.38. The zero-order valence-corrected chi connectivity index (χ0v) is 15.2. The van der Waals surface area contributed by atoms with Crippen LogP contribution in [0.5, 0.6) is 0 Å². The van der Waals surface area contributed by atoms with Crippen LogP contribution in [0.15, 0.2) is 54.6 Å². The van der Waals surface area contributed by atoms with Gasteiger partial charge in [0.25, 0.3) is 0 Å². The molecule has 0 bridgehead atoms. The maximum absolute atomic E-state index is 14.2. The van der Waals surface area contributed by atoms with Crippen LogP contribution in [0, 0.1) is 0 Å². The second-order valence-corrected chi connectivity index (χ2v) is 6.93. The summed E-state index contributed by atoms with van der Waals surface area (Å²) in [5.41, 5.74) is 0.457. The monoisotopic (exact) mass is 448 g/mol. The molecule has 1 atom stereocenters. The van der Waals surface area contributed by atoms with Gasteiger partial charge < -0.3 is 0 Å². The van der Waals surface area contributed by atoms with Crippen LogP contribution in [-0.2, 0) is 6.42 Å². The smallest absolute Gasteiger partial charge is 0.200 e. The highest BCUT2D eigenvalue weighted by molar-refractivity contribution is 6.30. The van der Waals surface area contributed by atoms with E-state index in [-0.39, 0.29) is 12.0 Å². The lowest BCUT2D eigenvalue weighted by Gasteiger charge is -2.35. The molecule has 0 amide bonds. The van der Waals surface area contributed by atoms with Gasteiger partial charge in [-0.15, -0.1) is 0 Å². The molecule has 0 fully saturated rings. The molecule has 2 rings (SSSR count). The number of halogens is 10. The van der Waals surface area contributed by atoms with E-state index in [2.05, 4.69) is 0 Å². The molecule has 0 spiro atoms. The first kappa shape index (κ1) is 23.4. The normalized spacial score (nSPS) is 14.7. The molecule has 0 N–H and O–H groups in total. The Morgan fingerprint density at radius 1 is 0.690 bits per heavy atom. The third kappa shape index (κ3) is 4.82. The first-order valence-electron chi connectivity index (χ1n) is 8.18. The number of hydrogen-bond acceptors (Lipinski definition) is 0. The van der Waals surface area contributed by atoms with Gasteiger partial charge in [0.2, 0.25) is 0 Å². The van der Waals surface area contributed by atoms with Crippen LogP contribution >= 0.6 is 11.6 Å². The zero-order chi connectivity index (χ0) is 22.1. The molecule has 0 radical (unpaired) electrons. The number of rotatable bonds is 7. The average molecular weight is 449 g/mol. The van der Waals surface area contributed by atoms with E-state index in [1.54, 1.807) is 0 Å². The molecule has 0 aliphatic rings. The highest BCUT2D eigenvalue weighted by atomic mass is 35.5. The van der Waals surface area contributed by atoms with Crippen LogP contribution in [-0.4, -0.2) is 23.9 Å². The van der Waals surface area contributed by atoms with Gasteiger partial charge in [-0.3, -0.25) is 0 Å². The van der Waals surface area contributed by atoms with Crippen molar-refractivity contribution in [3.8, 4) is 0 Å². The van der Waals surface area contributed by atoms with E-state index in [1.165, 1.54) is 54.6 Å². The summed E-state index contributed by atoms with van der Waals surface area (Å²) >= 11 is 5.72. The Bertz CT molecular complexity index is 799. The van der Waals surface area contributed by atoms with Gasteiger partial charge in [-0.05, 0) is 35.6 Å². The van der Waals surface area contributed by atoms with Crippen LogP contribution in [0.3, 0.4) is 0 Å². The second-order valence-electron chi connectivity index (χ2n) is 6.49. The van der Waals surface area contributed by atoms with Crippen molar-refractivity contribution >= 4 is 11.6 Å². The SMILES string of the molecule is FC(F)(F)C(F)(F)C(F)(F)C(F)(F)CC(Cc1ccc(Cl)cc1)c1ccccc1. The van der Waals surface area contributed by atoms with Gasteiger partial charge in [0.05, 0.1) is 0 Å². The molecule has 0 saturated carbocycles. The van der Waals surface area contributed by atoms with E-state index in [9.17, 15) is 39.5 Å². The molecule has 0 aliphatic heterocycles. The minimum atomic E-state index is -6.90. The van der Waals surface area contributed by atoms with Gasteiger partial charge in [0.15, 0.2) is 0 Å². The Balaban J connectivity index is 2.40. The van der Waals surface area contributed by atoms with Crippen molar-refractivity contribution in [3.05, 3.63) is 70.7 Å². The number of hydrogen-bond donors (Lipinski definition) is 0. The molecule has 2 aromatic carbocycles. The van der Waals surface area contributed by atoms with Crippen LogP contribution in [0.1, 0.15) is 23.5 Å². The van der Waals surface area contributed by atoms with Crippen molar-refractivity contribution in [2.24, 2.45) is 0 Å². The second kappa shape index (κ2) is 8.08. The summed E-state index contributed by atoms with van der Waals surface area (Å²) in [5.74, 6) is -20.6. The van der Waals surface area contributed by atoms with Gasteiger partial charge in [-0.2, -0.15) is 39.5 Å². The fraction of sp³-hybridized carbons (Fsp3) is 0.368. The van der Waals surface area contributed by atoms with E-state index < -0.39 is 36.3 Å². The molecule has 0 nitrogen and oxygen atoms in total. The largest absolute Gasteiger partial charge is 0.460 e. The van der Waals surface area contributed by atoms with Crippen molar-refractivity contribution in [1.29, 1.82) is 0 Å². The molecule has 0 aliphatic carbocycles. The predicted octanol–water partition coefficient (Wildman–Crippen LogP) is 7.52. The lowest BCUT2D eigenvalue weighted by molar-refractivity contribution is -0.397. The fourth-order valence-corrected chi connectivity index (χ4v) is 2.91. The van der Waals surface area contributed by atoms with E-state index in [4.69, 9.17) is 11.6 Å². The van der Waals surface area contributed by atoms with Crippen LogP contribution in [0.25, 0.3) is 0 Å². The average Bonchev–Trinajstić information content (AvgIpc) is 2.62. The lowest BCUT2D eigenvalue weighted by atomic mass is 9.84. The number of benzene rings is 2. The Hall–Kier alpha value is -1.90. The molecule has 0 aromatic heterocycles. The van der Waals surface area contributed by atoms with Gasteiger partial charge in [0, 0.05) is 11.4 Å². The van der Waals surface area contributed by atoms with Crippen LogP contribution < -0.4 is 0 Å². The molecule has 29 heavy (non-hydrogen) atoms. The Morgan fingerprint density at radius 3 is 1.69 bits per heavy atom. The first-order valence-corrected chi connectivity index (χ1v) is 8.56. The van der Waals surface area contributed by atoms with E-state index in [0.29, 0.717) is 10.6 Å². The molecule has 0 heterocycles. The van der Waals surface area contributed by atoms with E-state index in [1.807, 2.05) is 0 Å². The predicted molar refractivity (Wildman–Crippen MR) is 89.9 cm³/mol. The fourth-order valence-electron chi connectivity index (χ4n) is 2.78. The highest BCUT2D eigenvalue weighted by Gasteiger charge is 2.81. The molecular weight excluding hydrogens is 435 g/mol. The minimum absolute atomic E-state index is 0.0910.